The van der Waals surface area contributed by atoms with Crippen molar-refractivity contribution >= 4 is 27.1 Å². The van der Waals surface area contributed by atoms with Crippen LogP contribution in [-0.4, -0.2) is 33.2 Å². The Morgan fingerprint density at radius 1 is 0.439 bits per heavy atom. The minimum atomic E-state index is -2.79. The van der Waals surface area contributed by atoms with E-state index in [4.69, 9.17) is 11.4 Å². The average molecular weight is 597 g/mol. The van der Waals surface area contributed by atoms with Gasteiger partial charge in [-0.15, -0.1) is 0 Å². The molecule has 0 bridgehead atoms. The van der Waals surface area contributed by atoms with E-state index in [2.05, 4.69) is 13.8 Å². The van der Waals surface area contributed by atoms with Gasteiger partial charge < -0.3 is 11.4 Å². The molecule has 0 amide bonds. The lowest BCUT2D eigenvalue weighted by Crippen LogP contribution is -2.34. The molecule has 0 N–H and O–H groups in total. The molecule has 0 aromatic carbocycles. The molecule has 5 nitrogen and oxygen atoms in total. The molecule has 0 spiro atoms. The van der Waals surface area contributed by atoms with Crippen molar-refractivity contribution in [2.24, 2.45) is 0 Å². The molecule has 242 valence electrons. The molecule has 41 heavy (non-hydrogen) atoms. The number of hydrogen-bond acceptors (Lipinski definition) is 5. The Balaban J connectivity index is 3.77. The van der Waals surface area contributed by atoms with Crippen molar-refractivity contribution in [2.45, 2.75) is 214 Å². The largest absolute Gasteiger partial charge is 1.10 e. The van der Waals surface area contributed by atoms with Gasteiger partial charge in [0.25, 0.3) is 11.9 Å². The third-order valence-electron chi connectivity index (χ3n) is 7.81. The average Bonchev–Trinajstić information content (AvgIpc) is 2.93. The normalized spacial score (nSPS) is 11.2. The van der Waals surface area contributed by atoms with Gasteiger partial charge in [0.05, 0.1) is 0 Å². The Hall–Kier alpha value is -0.568. The van der Waals surface area contributed by atoms with Crippen LogP contribution in [0.5, 0.6) is 0 Å². The van der Waals surface area contributed by atoms with Crippen LogP contribution in [0.15, 0.2) is 0 Å². The second-order valence-electron chi connectivity index (χ2n) is 12.4. The van der Waals surface area contributed by atoms with Crippen molar-refractivity contribution in [3.63, 3.8) is 0 Å². The van der Waals surface area contributed by atoms with Crippen molar-refractivity contribution in [3.8, 4) is 0 Å². The van der Waals surface area contributed by atoms with Crippen LogP contribution >= 0.6 is 0 Å². The molecule has 0 radical (unpaired) electrons. The van der Waals surface area contributed by atoms with Crippen LogP contribution in [0.2, 0.25) is 0 Å². The van der Waals surface area contributed by atoms with Gasteiger partial charge in [0.2, 0.25) is 0 Å². The van der Waals surface area contributed by atoms with Gasteiger partial charge >= 0.3 is 15.1 Å². The summed E-state index contributed by atoms with van der Waals surface area (Å²) in [5.41, 5.74) is 0. The Kier molecular flexibility index (Phi) is 31.9. The standard InChI is InChI=1S/2C16H32O2.C3H7O.Al/c2*1-2-3-4-5-6-7-8-9-10-11-12-13-14-15-16(17)18;1-3(2)4;/h2*2-15H2,1H3,(H,17,18);3H,1-2H3;/q;;-1;+3/p-2. The van der Waals surface area contributed by atoms with E-state index in [0.717, 1.165) is 25.7 Å². The summed E-state index contributed by atoms with van der Waals surface area (Å²) in [6.45, 7) is 8.28. The van der Waals surface area contributed by atoms with Gasteiger partial charge in [-0.2, -0.15) is 0 Å². The fourth-order valence-corrected chi connectivity index (χ4v) is 6.48. The third kappa shape index (κ3) is 32.2. The molecule has 0 saturated heterocycles. The molecule has 0 aliphatic heterocycles. The smallest absolute Gasteiger partial charge is 0.562 e. The zero-order valence-electron chi connectivity index (χ0n) is 28.0. The van der Waals surface area contributed by atoms with Crippen molar-refractivity contribution < 1.29 is 21.0 Å². The summed E-state index contributed by atoms with van der Waals surface area (Å²) in [7, 11) is 0. The summed E-state index contributed by atoms with van der Waals surface area (Å²) < 4.78 is 16.7. The summed E-state index contributed by atoms with van der Waals surface area (Å²) in [6.07, 6.45) is 33.7. The number of carbonyl (C=O) groups excluding carboxylic acids is 2. The lowest BCUT2D eigenvalue weighted by atomic mass is 10.0. The van der Waals surface area contributed by atoms with E-state index in [-0.39, 0.29) is 18.0 Å². The van der Waals surface area contributed by atoms with Gasteiger partial charge in [0.1, 0.15) is 0 Å². The van der Waals surface area contributed by atoms with Gasteiger partial charge in [0.15, 0.2) is 0 Å². The number of carbonyl (C=O) groups is 2. The second kappa shape index (κ2) is 32.3. The molecular weight excluding hydrogens is 527 g/mol. The fourth-order valence-electron chi connectivity index (χ4n) is 5.21. The highest BCUT2D eigenvalue weighted by molar-refractivity contribution is 6.41. The van der Waals surface area contributed by atoms with Gasteiger partial charge in [-0.3, -0.25) is 9.59 Å². The molecule has 6 heteroatoms. The lowest BCUT2D eigenvalue weighted by Gasteiger charge is -2.15. The van der Waals surface area contributed by atoms with Gasteiger partial charge in [-0.05, 0) is 26.7 Å². The Bertz CT molecular complexity index is 525. The first-order chi connectivity index (χ1) is 20.0. The number of unbranched alkanes of at least 4 members (excludes halogenated alkanes) is 24. The highest BCUT2D eigenvalue weighted by Gasteiger charge is 2.43. The molecule has 0 heterocycles. The molecule has 0 unspecified atom stereocenters. The molecule has 0 aliphatic carbocycles. The topological polar surface area (TPSA) is 61.8 Å². The van der Waals surface area contributed by atoms with E-state index in [1.54, 1.807) is 0 Å². The van der Waals surface area contributed by atoms with Crippen LogP contribution in [-0.2, 0) is 21.0 Å². The highest BCUT2D eigenvalue weighted by atomic mass is 27.3. The molecule has 0 aliphatic rings. The molecule has 0 aromatic heterocycles. The minimum absolute atomic E-state index is 0.139. The zero-order chi connectivity index (χ0) is 30.2. The van der Waals surface area contributed by atoms with E-state index in [1.807, 2.05) is 13.8 Å². The van der Waals surface area contributed by atoms with Crippen molar-refractivity contribution in [2.75, 3.05) is 0 Å². The first-order valence-electron chi connectivity index (χ1n) is 18.0. The van der Waals surface area contributed by atoms with Crippen LogP contribution in [0.4, 0.5) is 0 Å². The second-order valence-corrected chi connectivity index (χ2v) is 13.8. The van der Waals surface area contributed by atoms with E-state index in [0.29, 0.717) is 12.8 Å². The Labute approximate surface area is 261 Å². The first-order valence-corrected chi connectivity index (χ1v) is 19.4. The summed E-state index contributed by atoms with van der Waals surface area (Å²) in [5.74, 6) is -0.585. The third-order valence-corrected chi connectivity index (χ3v) is 9.48. The number of rotatable bonds is 32. The summed E-state index contributed by atoms with van der Waals surface area (Å²) in [4.78, 5) is 24.7. The van der Waals surface area contributed by atoms with Crippen LogP contribution in [0.25, 0.3) is 0 Å². The monoisotopic (exact) mass is 596 g/mol. The number of hydrogen-bond donors (Lipinski definition) is 0. The molecule has 0 fully saturated rings. The van der Waals surface area contributed by atoms with Crippen LogP contribution in [0.3, 0.4) is 0 Å². The molecule has 0 atom stereocenters. The minimum Gasteiger partial charge on any atom is -0.562 e. The maximum atomic E-state index is 12.3. The van der Waals surface area contributed by atoms with Crippen LogP contribution in [0, 0.1) is 0 Å². The van der Waals surface area contributed by atoms with Crippen molar-refractivity contribution in [1.29, 1.82) is 0 Å². The van der Waals surface area contributed by atoms with E-state index in [1.165, 1.54) is 141 Å². The van der Waals surface area contributed by atoms with Crippen molar-refractivity contribution in [3.05, 3.63) is 0 Å². The predicted molar refractivity (Wildman–Crippen MR) is 175 cm³/mol. The highest BCUT2D eigenvalue weighted by Crippen LogP contribution is 2.15. The fraction of sp³-hybridized carbons (Fsp3) is 0.943. The Morgan fingerprint density at radius 3 is 0.927 bits per heavy atom. The van der Waals surface area contributed by atoms with Gasteiger partial charge in [-0.1, -0.05) is 168 Å². The molecule has 0 saturated carbocycles. The SMILES string of the molecule is CCCCCCCCCCCCCCCC(=O)[O][Al]([O]C(=O)CCCCCCCCCCCCCCC)[O]C(C)C. The van der Waals surface area contributed by atoms with Crippen molar-refractivity contribution in [1.82, 2.24) is 0 Å². The quantitative estimate of drug-likeness (QED) is 0.0571. The first kappa shape index (κ1) is 40.4. The molecular formula is C35H69AlO5. The summed E-state index contributed by atoms with van der Waals surface area (Å²) in [5, 5.41) is 0. The van der Waals surface area contributed by atoms with Crippen LogP contribution < -0.4 is 0 Å². The van der Waals surface area contributed by atoms with Gasteiger partial charge in [0, 0.05) is 18.9 Å². The van der Waals surface area contributed by atoms with E-state index >= 15 is 0 Å². The molecule has 0 rings (SSSR count). The summed E-state index contributed by atoms with van der Waals surface area (Å²) >= 11 is -2.79. The van der Waals surface area contributed by atoms with E-state index in [9.17, 15) is 9.59 Å². The Morgan fingerprint density at radius 2 is 0.683 bits per heavy atom. The zero-order valence-corrected chi connectivity index (χ0v) is 29.1. The maximum Gasteiger partial charge on any atom is 1.10 e. The molecule has 0 aromatic rings. The lowest BCUT2D eigenvalue weighted by molar-refractivity contribution is -0.144. The summed E-state index contributed by atoms with van der Waals surface area (Å²) in [6, 6.07) is 0. The van der Waals surface area contributed by atoms with Gasteiger partial charge in [-0.25, -0.2) is 0 Å². The maximum absolute atomic E-state index is 12.3. The van der Waals surface area contributed by atoms with Crippen LogP contribution in [0.1, 0.15) is 207 Å². The predicted octanol–water partition coefficient (Wildman–Crippen LogP) is 11.4. The van der Waals surface area contributed by atoms with E-state index < -0.39 is 15.1 Å².